The minimum Gasteiger partial charge on any atom is -0.389 e. The van der Waals surface area contributed by atoms with E-state index in [-0.39, 0.29) is 10.5 Å². The molecule has 5 heteroatoms. The van der Waals surface area contributed by atoms with Crippen LogP contribution in [0.5, 0.6) is 0 Å². The lowest BCUT2D eigenvalue weighted by molar-refractivity contribution is 0.383. The minimum atomic E-state index is -0.0868. The molecule has 0 fully saturated rings. The topological polar surface area (TPSA) is 51.3 Å². The number of hydrogen-bond acceptors (Lipinski definition) is 3. The van der Waals surface area contributed by atoms with E-state index in [4.69, 9.17) is 18.0 Å². The lowest BCUT2D eigenvalue weighted by Gasteiger charge is -2.13. The molecule has 0 aliphatic carbocycles. The highest BCUT2D eigenvalue weighted by Crippen LogP contribution is 2.00. The Kier molecular flexibility index (Phi) is 4.84. The molecule has 1 aromatic rings. The smallest absolute Gasteiger partial charge is 0.260 e. The lowest BCUT2D eigenvalue weighted by Crippen LogP contribution is -2.31. The highest BCUT2D eigenvalue weighted by Gasteiger charge is 2.08. The van der Waals surface area contributed by atoms with E-state index in [0.29, 0.717) is 12.1 Å². The van der Waals surface area contributed by atoms with E-state index < -0.39 is 0 Å². The second-order valence-corrected chi connectivity index (χ2v) is 4.81. The van der Waals surface area contributed by atoms with Gasteiger partial charge >= 0.3 is 0 Å². The van der Waals surface area contributed by atoms with Gasteiger partial charge < -0.3 is 15.2 Å². The number of rotatable bonds is 5. The van der Waals surface area contributed by atoms with E-state index in [9.17, 15) is 4.79 Å². The normalized spacial score (nSPS) is 10.8. The molecule has 0 saturated heterocycles. The molecule has 0 unspecified atom stereocenters. The monoisotopic (exact) mass is 253 g/mol. The summed E-state index contributed by atoms with van der Waals surface area (Å²) < 4.78 is 1.73. The minimum absolute atomic E-state index is 0.0868. The van der Waals surface area contributed by atoms with Crippen LogP contribution < -0.4 is 11.3 Å². The number of nitrogens with two attached hydrogens (primary N) is 1. The van der Waals surface area contributed by atoms with Gasteiger partial charge in [0.25, 0.3) is 5.56 Å². The molecule has 0 radical (unpaired) electrons. The van der Waals surface area contributed by atoms with Gasteiger partial charge in [0.05, 0.1) is 5.56 Å². The molecule has 0 amide bonds. The zero-order chi connectivity index (χ0) is 13.0. The molecule has 2 N–H and O–H groups in total. The standard InChI is InChI=1S/C12H19N3OS/c1-9-5-6-10(11(13)17)12(16)15(9)8-4-7-14(2)3/h5-6H,4,7-8H2,1-3H3,(H2,13,17). The molecule has 0 saturated carbocycles. The Hall–Kier alpha value is -1.20. The summed E-state index contributed by atoms with van der Waals surface area (Å²) in [6, 6.07) is 3.58. The Morgan fingerprint density at radius 1 is 1.47 bits per heavy atom. The van der Waals surface area contributed by atoms with Crippen molar-refractivity contribution in [2.45, 2.75) is 19.9 Å². The van der Waals surface area contributed by atoms with Crippen LogP contribution in [0.3, 0.4) is 0 Å². The second kappa shape index (κ2) is 5.93. The van der Waals surface area contributed by atoms with E-state index in [0.717, 1.165) is 18.7 Å². The Morgan fingerprint density at radius 2 is 2.12 bits per heavy atom. The molecule has 1 heterocycles. The maximum absolute atomic E-state index is 12.1. The molecular weight excluding hydrogens is 234 g/mol. The van der Waals surface area contributed by atoms with Crippen molar-refractivity contribution in [3.05, 3.63) is 33.7 Å². The van der Waals surface area contributed by atoms with Crippen molar-refractivity contribution < 1.29 is 0 Å². The average Bonchev–Trinajstić information content (AvgIpc) is 2.21. The summed E-state index contributed by atoms with van der Waals surface area (Å²) in [5.74, 6) is 0. The SMILES string of the molecule is Cc1ccc(C(N)=S)c(=O)n1CCCN(C)C. The Morgan fingerprint density at radius 3 is 2.65 bits per heavy atom. The van der Waals surface area contributed by atoms with Crippen molar-refractivity contribution in [3.8, 4) is 0 Å². The molecule has 0 aromatic carbocycles. The number of hydrogen-bond donors (Lipinski definition) is 1. The molecule has 0 aliphatic heterocycles. The fourth-order valence-corrected chi connectivity index (χ4v) is 1.84. The van der Waals surface area contributed by atoms with Gasteiger partial charge in [-0.25, -0.2) is 0 Å². The van der Waals surface area contributed by atoms with Crippen LogP contribution in [0.25, 0.3) is 0 Å². The summed E-state index contributed by atoms with van der Waals surface area (Å²) in [6.45, 7) is 3.56. The second-order valence-electron chi connectivity index (χ2n) is 4.37. The van der Waals surface area contributed by atoms with Crippen molar-refractivity contribution in [2.24, 2.45) is 5.73 Å². The first-order chi connectivity index (χ1) is 7.93. The van der Waals surface area contributed by atoms with E-state index in [2.05, 4.69) is 4.90 Å². The van der Waals surface area contributed by atoms with E-state index >= 15 is 0 Å². The summed E-state index contributed by atoms with van der Waals surface area (Å²) in [6.07, 6.45) is 0.925. The fourth-order valence-electron chi connectivity index (χ4n) is 1.68. The first kappa shape index (κ1) is 13.9. The molecule has 0 aliphatic rings. The van der Waals surface area contributed by atoms with Crippen molar-refractivity contribution in [1.29, 1.82) is 0 Å². The van der Waals surface area contributed by atoms with Crippen molar-refractivity contribution in [2.75, 3.05) is 20.6 Å². The van der Waals surface area contributed by atoms with Gasteiger partial charge in [-0.3, -0.25) is 4.79 Å². The van der Waals surface area contributed by atoms with Crippen LogP contribution in [0.1, 0.15) is 17.7 Å². The average molecular weight is 253 g/mol. The van der Waals surface area contributed by atoms with Crippen molar-refractivity contribution >= 4 is 17.2 Å². The maximum atomic E-state index is 12.1. The predicted octanol–water partition coefficient (Wildman–Crippen LogP) is 0.743. The van der Waals surface area contributed by atoms with Gasteiger partial charge in [0, 0.05) is 12.2 Å². The molecule has 0 atom stereocenters. The summed E-state index contributed by atoms with van der Waals surface area (Å²) in [7, 11) is 4.03. The van der Waals surface area contributed by atoms with Crippen molar-refractivity contribution in [3.63, 3.8) is 0 Å². The third kappa shape index (κ3) is 3.64. The highest BCUT2D eigenvalue weighted by atomic mass is 32.1. The number of nitrogens with zero attached hydrogens (tertiary/aromatic N) is 2. The molecular formula is C12H19N3OS. The number of thiocarbonyl (C=S) groups is 1. The third-order valence-electron chi connectivity index (χ3n) is 2.65. The Labute approximate surface area is 107 Å². The fraction of sp³-hybridized carbons (Fsp3) is 0.500. The van der Waals surface area contributed by atoms with Gasteiger partial charge in [-0.05, 0) is 46.1 Å². The Balaban J connectivity index is 2.94. The zero-order valence-corrected chi connectivity index (χ0v) is 11.4. The summed E-state index contributed by atoms with van der Waals surface area (Å²) in [4.78, 5) is 14.3. The zero-order valence-electron chi connectivity index (χ0n) is 10.6. The number of pyridine rings is 1. The molecule has 1 rings (SSSR count). The lowest BCUT2D eigenvalue weighted by atomic mass is 10.2. The van der Waals surface area contributed by atoms with E-state index in [1.807, 2.05) is 27.1 Å². The molecule has 0 spiro atoms. The van der Waals surface area contributed by atoms with Crippen LogP contribution in [-0.2, 0) is 6.54 Å². The number of aryl methyl sites for hydroxylation is 1. The van der Waals surface area contributed by atoms with Gasteiger partial charge in [-0.15, -0.1) is 0 Å². The maximum Gasteiger partial charge on any atom is 0.260 e. The third-order valence-corrected chi connectivity index (χ3v) is 2.86. The highest BCUT2D eigenvalue weighted by molar-refractivity contribution is 7.80. The van der Waals surface area contributed by atoms with Crippen LogP contribution in [0.4, 0.5) is 0 Å². The largest absolute Gasteiger partial charge is 0.389 e. The molecule has 17 heavy (non-hydrogen) atoms. The van der Waals surface area contributed by atoms with E-state index in [1.165, 1.54) is 0 Å². The van der Waals surface area contributed by atoms with Crippen LogP contribution in [0, 0.1) is 6.92 Å². The van der Waals surface area contributed by atoms with Crippen LogP contribution in [0.15, 0.2) is 16.9 Å². The van der Waals surface area contributed by atoms with Crippen LogP contribution >= 0.6 is 12.2 Å². The summed E-state index contributed by atoms with van der Waals surface area (Å²) in [5.41, 5.74) is 6.80. The summed E-state index contributed by atoms with van der Waals surface area (Å²) >= 11 is 4.86. The summed E-state index contributed by atoms with van der Waals surface area (Å²) in [5, 5.41) is 0. The molecule has 4 nitrogen and oxygen atoms in total. The van der Waals surface area contributed by atoms with Crippen LogP contribution in [0.2, 0.25) is 0 Å². The van der Waals surface area contributed by atoms with Crippen LogP contribution in [-0.4, -0.2) is 35.1 Å². The quantitative estimate of drug-likeness (QED) is 0.787. The van der Waals surface area contributed by atoms with Crippen molar-refractivity contribution in [1.82, 2.24) is 9.47 Å². The number of aromatic nitrogens is 1. The van der Waals surface area contributed by atoms with Gasteiger partial charge in [0.1, 0.15) is 4.99 Å². The molecule has 94 valence electrons. The van der Waals surface area contributed by atoms with Gasteiger partial charge in [-0.2, -0.15) is 0 Å². The van der Waals surface area contributed by atoms with Gasteiger partial charge in [0.2, 0.25) is 0 Å². The first-order valence-corrected chi connectivity index (χ1v) is 5.99. The predicted molar refractivity (Wildman–Crippen MR) is 74.5 cm³/mol. The molecule has 1 aromatic heterocycles. The van der Waals surface area contributed by atoms with Gasteiger partial charge in [0.15, 0.2) is 0 Å². The van der Waals surface area contributed by atoms with E-state index in [1.54, 1.807) is 10.6 Å². The van der Waals surface area contributed by atoms with Gasteiger partial charge in [-0.1, -0.05) is 12.2 Å². The molecule has 0 bridgehead atoms. The Bertz CT molecular complexity index is 465. The first-order valence-electron chi connectivity index (χ1n) is 5.58.